The summed E-state index contributed by atoms with van der Waals surface area (Å²) in [5.41, 5.74) is 1.83. The molecule has 0 amide bonds. The fourth-order valence-electron chi connectivity index (χ4n) is 2.59. The van der Waals surface area contributed by atoms with Crippen LogP contribution >= 0.6 is 0 Å². The Morgan fingerprint density at radius 1 is 1.10 bits per heavy atom. The minimum atomic E-state index is -0.0234. The molecule has 21 heavy (non-hydrogen) atoms. The first kappa shape index (κ1) is 13.5. The molecular weight excluding hydrogens is 268 g/mol. The summed E-state index contributed by atoms with van der Waals surface area (Å²) in [5.74, 6) is 0.706. The molecule has 0 aliphatic carbocycles. The van der Waals surface area contributed by atoms with Gasteiger partial charge in [-0.05, 0) is 35.9 Å². The number of hydrogen-bond acceptors (Lipinski definition) is 4. The third-order valence-electron chi connectivity index (χ3n) is 3.58. The van der Waals surface area contributed by atoms with Crippen LogP contribution in [0.3, 0.4) is 0 Å². The van der Waals surface area contributed by atoms with E-state index in [-0.39, 0.29) is 5.69 Å². The van der Waals surface area contributed by atoms with Crippen LogP contribution in [0.15, 0.2) is 29.1 Å². The standard InChI is InChI=1S/C14H18N6O/c1-3-9-20-13(15-16-17-20)10-19-12-8-6-5-7-11(12)18(4-2)14(19)21/h5-8H,3-4,9-10H2,1-2H3. The molecule has 0 saturated carbocycles. The number of para-hydroxylation sites is 2. The van der Waals surface area contributed by atoms with E-state index in [0.717, 1.165) is 24.0 Å². The number of benzene rings is 1. The Hall–Kier alpha value is -2.44. The van der Waals surface area contributed by atoms with Crippen LogP contribution in [0.4, 0.5) is 0 Å². The molecule has 0 atom stereocenters. The molecule has 0 unspecified atom stereocenters. The zero-order valence-electron chi connectivity index (χ0n) is 12.2. The lowest BCUT2D eigenvalue weighted by atomic mass is 10.3. The molecule has 3 aromatic rings. The Morgan fingerprint density at radius 2 is 1.81 bits per heavy atom. The van der Waals surface area contributed by atoms with Crippen molar-refractivity contribution in [2.45, 2.75) is 39.9 Å². The van der Waals surface area contributed by atoms with Gasteiger partial charge in [-0.1, -0.05) is 19.1 Å². The number of rotatable bonds is 5. The molecule has 1 aromatic carbocycles. The van der Waals surface area contributed by atoms with Crippen molar-refractivity contribution in [3.8, 4) is 0 Å². The van der Waals surface area contributed by atoms with Gasteiger partial charge in [0, 0.05) is 13.1 Å². The molecule has 0 aliphatic rings. The van der Waals surface area contributed by atoms with Gasteiger partial charge in [0.2, 0.25) is 0 Å². The van der Waals surface area contributed by atoms with Crippen molar-refractivity contribution in [2.24, 2.45) is 0 Å². The van der Waals surface area contributed by atoms with Gasteiger partial charge in [0.05, 0.1) is 17.6 Å². The average Bonchev–Trinajstić information content (AvgIpc) is 3.04. The van der Waals surface area contributed by atoms with Gasteiger partial charge in [0.25, 0.3) is 0 Å². The highest BCUT2D eigenvalue weighted by Gasteiger charge is 2.14. The Labute approximate surface area is 121 Å². The van der Waals surface area contributed by atoms with Gasteiger partial charge >= 0.3 is 5.69 Å². The number of tetrazole rings is 1. The van der Waals surface area contributed by atoms with Crippen LogP contribution in [0.25, 0.3) is 11.0 Å². The lowest BCUT2D eigenvalue weighted by Crippen LogP contribution is -2.25. The third-order valence-corrected chi connectivity index (χ3v) is 3.58. The summed E-state index contributed by atoms with van der Waals surface area (Å²) in [7, 11) is 0. The first-order valence-corrected chi connectivity index (χ1v) is 7.19. The Bertz CT molecular complexity index is 812. The van der Waals surface area contributed by atoms with Crippen molar-refractivity contribution in [3.63, 3.8) is 0 Å². The number of nitrogens with zero attached hydrogens (tertiary/aromatic N) is 6. The molecule has 2 aromatic heterocycles. The van der Waals surface area contributed by atoms with Crippen LogP contribution in [0.5, 0.6) is 0 Å². The molecule has 7 nitrogen and oxygen atoms in total. The van der Waals surface area contributed by atoms with Gasteiger partial charge in [0.1, 0.15) is 0 Å². The van der Waals surface area contributed by atoms with Gasteiger partial charge in [0.15, 0.2) is 5.82 Å². The highest BCUT2D eigenvalue weighted by molar-refractivity contribution is 5.76. The van der Waals surface area contributed by atoms with Gasteiger partial charge in [-0.25, -0.2) is 9.48 Å². The van der Waals surface area contributed by atoms with Crippen molar-refractivity contribution in [2.75, 3.05) is 0 Å². The normalized spacial score (nSPS) is 11.3. The van der Waals surface area contributed by atoms with Crippen molar-refractivity contribution in [3.05, 3.63) is 40.6 Å². The van der Waals surface area contributed by atoms with E-state index in [9.17, 15) is 4.79 Å². The second kappa shape index (κ2) is 5.51. The monoisotopic (exact) mass is 286 g/mol. The van der Waals surface area contributed by atoms with Crippen molar-refractivity contribution in [1.82, 2.24) is 29.3 Å². The highest BCUT2D eigenvalue weighted by Crippen LogP contribution is 2.13. The summed E-state index contributed by atoms with van der Waals surface area (Å²) in [6.45, 7) is 5.83. The van der Waals surface area contributed by atoms with E-state index in [1.807, 2.05) is 31.2 Å². The van der Waals surface area contributed by atoms with Gasteiger partial charge in [-0.3, -0.25) is 9.13 Å². The zero-order chi connectivity index (χ0) is 14.8. The quantitative estimate of drug-likeness (QED) is 0.708. The summed E-state index contributed by atoms with van der Waals surface area (Å²) in [5, 5.41) is 11.7. The molecule has 3 rings (SSSR count). The molecule has 2 heterocycles. The topological polar surface area (TPSA) is 70.5 Å². The third kappa shape index (κ3) is 2.24. The maximum Gasteiger partial charge on any atom is 0.329 e. The summed E-state index contributed by atoms with van der Waals surface area (Å²) >= 11 is 0. The Balaban J connectivity index is 2.10. The summed E-state index contributed by atoms with van der Waals surface area (Å²) in [6, 6.07) is 7.80. The molecule has 0 fully saturated rings. The van der Waals surface area contributed by atoms with Crippen molar-refractivity contribution in [1.29, 1.82) is 0 Å². The maximum atomic E-state index is 12.6. The van der Waals surface area contributed by atoms with Crippen LogP contribution in [0.2, 0.25) is 0 Å². The Morgan fingerprint density at radius 3 is 2.48 bits per heavy atom. The second-order valence-corrected chi connectivity index (χ2v) is 4.92. The zero-order valence-corrected chi connectivity index (χ0v) is 12.2. The first-order chi connectivity index (χ1) is 10.3. The molecule has 0 radical (unpaired) electrons. The van der Waals surface area contributed by atoms with Gasteiger partial charge in [-0.15, -0.1) is 5.10 Å². The van der Waals surface area contributed by atoms with E-state index < -0.39 is 0 Å². The molecule has 0 bridgehead atoms. The minimum absolute atomic E-state index is 0.0234. The predicted molar refractivity (Wildman–Crippen MR) is 79.1 cm³/mol. The molecule has 0 spiro atoms. The lowest BCUT2D eigenvalue weighted by Gasteiger charge is -2.04. The van der Waals surface area contributed by atoms with E-state index in [1.165, 1.54) is 0 Å². The minimum Gasteiger partial charge on any atom is -0.292 e. The van der Waals surface area contributed by atoms with E-state index in [1.54, 1.807) is 13.8 Å². The molecular formula is C14H18N6O. The smallest absolute Gasteiger partial charge is 0.292 e. The fraction of sp³-hybridized carbons (Fsp3) is 0.429. The van der Waals surface area contributed by atoms with Crippen molar-refractivity contribution >= 4 is 11.0 Å². The highest BCUT2D eigenvalue weighted by atomic mass is 16.1. The van der Waals surface area contributed by atoms with E-state index >= 15 is 0 Å². The van der Waals surface area contributed by atoms with Gasteiger partial charge in [-0.2, -0.15) is 0 Å². The Kier molecular flexibility index (Phi) is 3.55. The van der Waals surface area contributed by atoms with Crippen LogP contribution in [-0.4, -0.2) is 29.3 Å². The summed E-state index contributed by atoms with van der Waals surface area (Å²) in [4.78, 5) is 12.6. The molecule has 7 heteroatoms. The average molecular weight is 286 g/mol. The maximum absolute atomic E-state index is 12.6. The van der Waals surface area contributed by atoms with E-state index in [2.05, 4.69) is 22.4 Å². The van der Waals surface area contributed by atoms with Crippen LogP contribution in [-0.2, 0) is 19.6 Å². The van der Waals surface area contributed by atoms with Crippen LogP contribution in [0, 0.1) is 0 Å². The van der Waals surface area contributed by atoms with Crippen LogP contribution < -0.4 is 5.69 Å². The van der Waals surface area contributed by atoms with E-state index in [4.69, 9.17) is 0 Å². The number of fused-ring (bicyclic) bond motifs is 1. The number of hydrogen-bond donors (Lipinski definition) is 0. The van der Waals surface area contributed by atoms with E-state index in [0.29, 0.717) is 18.9 Å². The molecule has 0 N–H and O–H groups in total. The van der Waals surface area contributed by atoms with Crippen molar-refractivity contribution < 1.29 is 0 Å². The fourth-order valence-corrected chi connectivity index (χ4v) is 2.59. The largest absolute Gasteiger partial charge is 0.329 e. The molecule has 110 valence electrons. The molecule has 0 aliphatic heterocycles. The lowest BCUT2D eigenvalue weighted by molar-refractivity contribution is 0.540. The summed E-state index contributed by atoms with van der Waals surface area (Å²) in [6.07, 6.45) is 0.948. The first-order valence-electron chi connectivity index (χ1n) is 7.19. The molecule has 0 saturated heterocycles. The summed E-state index contributed by atoms with van der Waals surface area (Å²) < 4.78 is 5.25. The number of aryl methyl sites for hydroxylation is 2. The number of aromatic nitrogens is 6. The van der Waals surface area contributed by atoms with Gasteiger partial charge < -0.3 is 0 Å². The second-order valence-electron chi connectivity index (χ2n) is 4.92. The number of imidazole rings is 1. The SMILES string of the molecule is CCCn1nnnc1Cn1c(=O)n(CC)c2ccccc21. The predicted octanol–water partition coefficient (Wildman–Crippen LogP) is 1.27. The van der Waals surface area contributed by atoms with Crippen LogP contribution in [0.1, 0.15) is 26.1 Å².